The summed E-state index contributed by atoms with van der Waals surface area (Å²) >= 11 is 0. The molecule has 1 aliphatic heterocycles. The summed E-state index contributed by atoms with van der Waals surface area (Å²) in [4.78, 5) is 23.1. The minimum atomic E-state index is 0.00660. The van der Waals surface area contributed by atoms with Crippen molar-refractivity contribution in [1.29, 1.82) is 0 Å². The molecule has 3 heterocycles. The minimum absolute atomic E-state index is 0.00660. The number of rotatable bonds is 2. The third-order valence-electron chi connectivity index (χ3n) is 4.61. The molecule has 1 aliphatic rings. The zero-order chi connectivity index (χ0) is 18.8. The number of pyridine rings is 2. The first-order valence-electron chi connectivity index (χ1n) is 8.71. The van der Waals surface area contributed by atoms with Crippen molar-refractivity contribution in [3.8, 4) is 17.1 Å². The van der Waals surface area contributed by atoms with Crippen molar-refractivity contribution in [3.05, 3.63) is 71.5 Å². The number of amides is 1. The number of aromatic nitrogens is 2. The maximum atomic E-state index is 12.2. The number of benzene rings is 1. The van der Waals surface area contributed by atoms with E-state index in [9.17, 15) is 4.79 Å². The van der Waals surface area contributed by atoms with E-state index in [2.05, 4.69) is 4.98 Å². The van der Waals surface area contributed by atoms with Crippen LogP contribution in [-0.2, 0) is 11.3 Å². The SMILES string of the molecule is COc1ccc(-c2ccc3c(n2)/C=C\c2ccccc2N(C(C)=O)C3)cn1. The van der Waals surface area contributed by atoms with Crippen LogP contribution in [0, 0.1) is 0 Å². The molecule has 4 rings (SSSR count). The molecule has 5 nitrogen and oxygen atoms in total. The molecule has 0 aliphatic carbocycles. The normalized spacial score (nSPS) is 13.8. The quantitative estimate of drug-likeness (QED) is 0.690. The van der Waals surface area contributed by atoms with Gasteiger partial charge < -0.3 is 9.64 Å². The maximum Gasteiger partial charge on any atom is 0.224 e. The summed E-state index contributed by atoms with van der Waals surface area (Å²) < 4.78 is 5.11. The van der Waals surface area contributed by atoms with Gasteiger partial charge in [0.1, 0.15) is 0 Å². The Labute approximate surface area is 158 Å². The molecule has 1 amide bonds. The van der Waals surface area contributed by atoms with E-state index >= 15 is 0 Å². The maximum absolute atomic E-state index is 12.2. The highest BCUT2D eigenvalue weighted by Gasteiger charge is 2.19. The van der Waals surface area contributed by atoms with Gasteiger partial charge in [-0.05, 0) is 35.4 Å². The summed E-state index contributed by atoms with van der Waals surface area (Å²) in [6, 6.07) is 15.6. The third-order valence-corrected chi connectivity index (χ3v) is 4.61. The van der Waals surface area contributed by atoms with Crippen LogP contribution in [0.4, 0.5) is 5.69 Å². The predicted octanol–water partition coefficient (Wildman–Crippen LogP) is 4.19. The number of hydrogen-bond acceptors (Lipinski definition) is 4. The molecule has 0 bridgehead atoms. The van der Waals surface area contributed by atoms with Gasteiger partial charge in [-0.2, -0.15) is 0 Å². The Morgan fingerprint density at radius 1 is 1.07 bits per heavy atom. The van der Waals surface area contributed by atoms with Crippen molar-refractivity contribution in [3.63, 3.8) is 0 Å². The lowest BCUT2D eigenvalue weighted by Crippen LogP contribution is -2.29. The van der Waals surface area contributed by atoms with Crippen LogP contribution in [0.3, 0.4) is 0 Å². The van der Waals surface area contributed by atoms with Gasteiger partial charge in [0.25, 0.3) is 0 Å². The molecule has 0 radical (unpaired) electrons. The van der Waals surface area contributed by atoms with Crippen molar-refractivity contribution in [2.24, 2.45) is 0 Å². The molecule has 27 heavy (non-hydrogen) atoms. The molecule has 0 N–H and O–H groups in total. The lowest BCUT2D eigenvalue weighted by Gasteiger charge is -2.25. The van der Waals surface area contributed by atoms with Crippen LogP contribution in [0.2, 0.25) is 0 Å². The molecule has 5 heteroatoms. The fraction of sp³-hybridized carbons (Fsp3) is 0.136. The molecule has 0 saturated heterocycles. The molecule has 0 saturated carbocycles. The topological polar surface area (TPSA) is 55.3 Å². The molecule has 2 aromatic heterocycles. The second-order valence-electron chi connectivity index (χ2n) is 6.33. The van der Waals surface area contributed by atoms with Gasteiger partial charge in [-0.15, -0.1) is 0 Å². The number of carbonyl (C=O) groups is 1. The summed E-state index contributed by atoms with van der Waals surface area (Å²) in [6.45, 7) is 2.08. The van der Waals surface area contributed by atoms with Crippen LogP contribution in [0.25, 0.3) is 23.4 Å². The fourth-order valence-electron chi connectivity index (χ4n) is 3.17. The average Bonchev–Trinajstić information content (AvgIpc) is 2.69. The summed E-state index contributed by atoms with van der Waals surface area (Å²) in [7, 11) is 1.59. The van der Waals surface area contributed by atoms with E-state index in [1.807, 2.05) is 60.7 Å². The first kappa shape index (κ1) is 17.0. The third kappa shape index (κ3) is 3.31. The van der Waals surface area contributed by atoms with Gasteiger partial charge >= 0.3 is 0 Å². The number of ether oxygens (including phenoxy) is 1. The minimum Gasteiger partial charge on any atom is -0.481 e. The summed E-state index contributed by atoms with van der Waals surface area (Å²) in [6.07, 6.45) is 5.76. The molecular weight excluding hydrogens is 338 g/mol. The van der Waals surface area contributed by atoms with Gasteiger partial charge in [-0.3, -0.25) is 4.79 Å². The second kappa shape index (κ2) is 7.03. The predicted molar refractivity (Wildman–Crippen MR) is 106 cm³/mol. The Hall–Kier alpha value is -3.47. The van der Waals surface area contributed by atoms with E-state index in [-0.39, 0.29) is 5.91 Å². The molecule has 0 spiro atoms. The van der Waals surface area contributed by atoms with Gasteiger partial charge in [0.2, 0.25) is 11.8 Å². The summed E-state index contributed by atoms with van der Waals surface area (Å²) in [5.74, 6) is 0.575. The lowest BCUT2D eigenvalue weighted by molar-refractivity contribution is -0.116. The average molecular weight is 357 g/mol. The molecule has 0 fully saturated rings. The monoisotopic (exact) mass is 357 g/mol. The number of carbonyl (C=O) groups excluding carboxylic acids is 1. The summed E-state index contributed by atoms with van der Waals surface area (Å²) in [5, 5.41) is 0. The highest BCUT2D eigenvalue weighted by molar-refractivity contribution is 5.95. The van der Waals surface area contributed by atoms with Crippen molar-refractivity contribution in [2.45, 2.75) is 13.5 Å². The molecule has 3 aromatic rings. The van der Waals surface area contributed by atoms with E-state index in [0.29, 0.717) is 12.4 Å². The van der Waals surface area contributed by atoms with E-state index in [4.69, 9.17) is 9.72 Å². The molecule has 1 aromatic carbocycles. The van der Waals surface area contributed by atoms with Crippen LogP contribution in [-0.4, -0.2) is 23.0 Å². The molecular formula is C22H19N3O2. The molecule has 0 atom stereocenters. The van der Waals surface area contributed by atoms with Gasteiger partial charge in [0.15, 0.2) is 0 Å². The van der Waals surface area contributed by atoms with Crippen molar-refractivity contribution < 1.29 is 9.53 Å². The highest BCUT2D eigenvalue weighted by Crippen LogP contribution is 2.29. The van der Waals surface area contributed by atoms with Crippen molar-refractivity contribution in [1.82, 2.24) is 9.97 Å². The van der Waals surface area contributed by atoms with Gasteiger partial charge in [0.05, 0.1) is 30.7 Å². The molecule has 134 valence electrons. The van der Waals surface area contributed by atoms with Gasteiger partial charge in [-0.1, -0.05) is 30.3 Å². The van der Waals surface area contributed by atoms with Crippen LogP contribution in [0.5, 0.6) is 5.88 Å². The number of nitrogens with zero attached hydrogens (tertiary/aromatic N) is 3. The smallest absolute Gasteiger partial charge is 0.224 e. The van der Waals surface area contributed by atoms with Crippen LogP contribution in [0.1, 0.15) is 23.7 Å². The summed E-state index contributed by atoms with van der Waals surface area (Å²) in [5.41, 5.74) is 5.51. The highest BCUT2D eigenvalue weighted by atomic mass is 16.5. The van der Waals surface area contributed by atoms with Crippen LogP contribution in [0.15, 0.2) is 54.7 Å². The van der Waals surface area contributed by atoms with Gasteiger partial charge in [0, 0.05) is 24.8 Å². The largest absolute Gasteiger partial charge is 0.481 e. The van der Waals surface area contributed by atoms with E-state index in [0.717, 1.165) is 33.8 Å². The molecule has 0 unspecified atom stereocenters. The zero-order valence-electron chi connectivity index (χ0n) is 15.2. The Kier molecular flexibility index (Phi) is 4.42. The Balaban J connectivity index is 1.78. The number of methoxy groups -OCH3 is 1. The van der Waals surface area contributed by atoms with Crippen LogP contribution >= 0.6 is 0 Å². The number of hydrogen-bond donors (Lipinski definition) is 0. The fourth-order valence-corrected chi connectivity index (χ4v) is 3.17. The standard InChI is InChI=1S/C22H19N3O2/c1-15(26)25-14-18-8-11-19(17-9-12-22(27-2)23-13-17)24-20(18)10-7-16-5-3-4-6-21(16)25/h3-13H,14H2,1-2H3/b10-7-. The zero-order valence-corrected chi connectivity index (χ0v) is 15.2. The number of anilines is 1. The van der Waals surface area contributed by atoms with Crippen LogP contribution < -0.4 is 9.64 Å². The van der Waals surface area contributed by atoms with Gasteiger partial charge in [-0.25, -0.2) is 9.97 Å². The Morgan fingerprint density at radius 3 is 2.67 bits per heavy atom. The van der Waals surface area contributed by atoms with E-state index in [1.165, 1.54) is 0 Å². The lowest BCUT2D eigenvalue weighted by atomic mass is 10.0. The van der Waals surface area contributed by atoms with E-state index in [1.54, 1.807) is 25.1 Å². The Bertz CT molecular complexity index is 1030. The second-order valence-corrected chi connectivity index (χ2v) is 6.33. The van der Waals surface area contributed by atoms with Crippen molar-refractivity contribution in [2.75, 3.05) is 12.0 Å². The first-order chi connectivity index (χ1) is 13.2. The number of fused-ring (bicyclic) bond motifs is 2. The first-order valence-corrected chi connectivity index (χ1v) is 8.71. The van der Waals surface area contributed by atoms with E-state index < -0.39 is 0 Å². The Morgan fingerprint density at radius 2 is 1.93 bits per heavy atom. The van der Waals surface area contributed by atoms with Crippen molar-refractivity contribution >= 4 is 23.7 Å². The number of para-hydroxylation sites is 1.